The first-order valence-corrected chi connectivity index (χ1v) is 11.6. The van der Waals surface area contributed by atoms with Crippen LogP contribution < -0.4 is 20.9 Å². The Morgan fingerprint density at radius 2 is 2.10 bits per heavy atom. The fraction of sp³-hybridized carbons (Fsp3) is 0.619. The molecule has 3 heterocycles. The number of benzene rings is 1. The van der Waals surface area contributed by atoms with Crippen LogP contribution in [0.2, 0.25) is 0 Å². The molecule has 1 aromatic rings. The SMILES string of the molecule is CC1COCCN1c1ccc(NC(=O)CCCCC2SCC3NC(=O)NC32)cc1. The third-order valence-corrected chi connectivity index (χ3v) is 7.44. The smallest absolute Gasteiger partial charge is 0.315 e. The average molecular weight is 419 g/mol. The number of morpholine rings is 1. The molecule has 29 heavy (non-hydrogen) atoms. The van der Waals surface area contributed by atoms with Gasteiger partial charge in [0.25, 0.3) is 0 Å². The molecule has 0 aromatic heterocycles. The Morgan fingerprint density at radius 1 is 1.28 bits per heavy atom. The van der Waals surface area contributed by atoms with E-state index in [0.29, 0.717) is 17.7 Å². The summed E-state index contributed by atoms with van der Waals surface area (Å²) in [6.45, 7) is 4.57. The normalized spacial score (nSPS) is 28.6. The van der Waals surface area contributed by atoms with E-state index in [1.807, 2.05) is 23.9 Å². The number of hydrogen-bond acceptors (Lipinski definition) is 5. The molecule has 158 valence electrons. The van der Waals surface area contributed by atoms with Crippen LogP contribution in [0.25, 0.3) is 0 Å². The van der Waals surface area contributed by atoms with Gasteiger partial charge in [0.05, 0.1) is 25.3 Å². The molecule has 4 unspecified atom stereocenters. The molecular formula is C21H30N4O3S. The van der Waals surface area contributed by atoms with Gasteiger partial charge in [-0.05, 0) is 44.0 Å². The Balaban J connectivity index is 1.17. The second-order valence-electron chi connectivity index (χ2n) is 8.08. The fourth-order valence-electron chi connectivity index (χ4n) is 4.34. The van der Waals surface area contributed by atoms with E-state index in [-0.39, 0.29) is 24.0 Å². The summed E-state index contributed by atoms with van der Waals surface area (Å²) in [4.78, 5) is 26.0. The van der Waals surface area contributed by atoms with Gasteiger partial charge in [0.1, 0.15) is 0 Å². The summed E-state index contributed by atoms with van der Waals surface area (Å²) < 4.78 is 5.49. The summed E-state index contributed by atoms with van der Waals surface area (Å²) in [5, 5.41) is 9.44. The highest BCUT2D eigenvalue weighted by atomic mass is 32.2. The third-order valence-electron chi connectivity index (χ3n) is 5.93. The number of carbonyl (C=O) groups is 2. The number of fused-ring (bicyclic) bond motifs is 1. The van der Waals surface area contributed by atoms with Gasteiger partial charge in [-0.1, -0.05) is 6.42 Å². The monoisotopic (exact) mass is 418 g/mol. The van der Waals surface area contributed by atoms with Crippen molar-refractivity contribution in [3.63, 3.8) is 0 Å². The second-order valence-corrected chi connectivity index (χ2v) is 9.35. The van der Waals surface area contributed by atoms with Crippen LogP contribution in [0.3, 0.4) is 0 Å². The number of anilines is 2. The number of urea groups is 1. The van der Waals surface area contributed by atoms with E-state index in [2.05, 4.69) is 39.9 Å². The van der Waals surface area contributed by atoms with E-state index in [1.54, 1.807) is 0 Å². The molecule has 3 aliphatic heterocycles. The maximum Gasteiger partial charge on any atom is 0.315 e. The molecule has 3 aliphatic rings. The number of thioether (sulfide) groups is 1. The zero-order chi connectivity index (χ0) is 20.2. The van der Waals surface area contributed by atoms with Crippen LogP contribution in [-0.2, 0) is 9.53 Å². The molecule has 8 heteroatoms. The van der Waals surface area contributed by atoms with Gasteiger partial charge in [0, 0.05) is 41.4 Å². The van der Waals surface area contributed by atoms with Crippen molar-refractivity contribution in [1.29, 1.82) is 0 Å². The van der Waals surface area contributed by atoms with Gasteiger partial charge < -0.3 is 25.6 Å². The predicted molar refractivity (Wildman–Crippen MR) is 117 cm³/mol. The van der Waals surface area contributed by atoms with Gasteiger partial charge in [-0.25, -0.2) is 4.79 Å². The third kappa shape index (κ3) is 4.98. The van der Waals surface area contributed by atoms with Crippen molar-refractivity contribution in [3.05, 3.63) is 24.3 Å². The first-order chi connectivity index (χ1) is 14.1. The van der Waals surface area contributed by atoms with Gasteiger partial charge in [-0.15, -0.1) is 0 Å². The molecular weight excluding hydrogens is 388 g/mol. The molecule has 0 radical (unpaired) electrons. The maximum atomic E-state index is 12.3. The summed E-state index contributed by atoms with van der Waals surface area (Å²) in [5.41, 5.74) is 2.01. The van der Waals surface area contributed by atoms with Crippen molar-refractivity contribution < 1.29 is 14.3 Å². The minimum atomic E-state index is -0.0428. The number of nitrogens with zero attached hydrogens (tertiary/aromatic N) is 1. The Hall–Kier alpha value is -1.93. The number of rotatable bonds is 7. The van der Waals surface area contributed by atoms with Crippen molar-refractivity contribution in [2.75, 3.05) is 35.7 Å². The number of hydrogen-bond donors (Lipinski definition) is 3. The van der Waals surface area contributed by atoms with Crippen LogP contribution in [0.5, 0.6) is 0 Å². The summed E-state index contributed by atoms with van der Waals surface area (Å²) in [6, 6.07) is 8.91. The van der Waals surface area contributed by atoms with Crippen molar-refractivity contribution in [3.8, 4) is 0 Å². The Bertz CT molecular complexity index is 729. The lowest BCUT2D eigenvalue weighted by Gasteiger charge is -2.35. The number of nitrogens with one attached hydrogen (secondary N) is 3. The Kier molecular flexibility index (Phi) is 6.50. The lowest BCUT2D eigenvalue weighted by molar-refractivity contribution is -0.116. The van der Waals surface area contributed by atoms with Gasteiger partial charge in [0.2, 0.25) is 5.91 Å². The Labute approximate surface area is 176 Å². The largest absolute Gasteiger partial charge is 0.377 e. The number of carbonyl (C=O) groups excluding carboxylic acids is 2. The molecule has 0 aliphatic carbocycles. The van der Waals surface area contributed by atoms with Crippen molar-refractivity contribution in [2.45, 2.75) is 56.0 Å². The molecule has 0 saturated carbocycles. The molecule has 3 fully saturated rings. The zero-order valence-corrected chi connectivity index (χ0v) is 17.7. The van der Waals surface area contributed by atoms with E-state index in [1.165, 1.54) is 5.69 Å². The number of amides is 3. The zero-order valence-electron chi connectivity index (χ0n) is 16.9. The first kappa shape index (κ1) is 20.3. The molecule has 3 amide bonds. The molecule has 3 saturated heterocycles. The fourth-order valence-corrected chi connectivity index (χ4v) is 5.89. The second kappa shape index (κ2) is 9.26. The molecule has 1 aromatic carbocycles. The molecule has 0 spiro atoms. The molecule has 7 nitrogen and oxygen atoms in total. The van der Waals surface area contributed by atoms with Crippen LogP contribution in [0.4, 0.5) is 16.2 Å². The quantitative estimate of drug-likeness (QED) is 0.468. The van der Waals surface area contributed by atoms with E-state index in [9.17, 15) is 9.59 Å². The van der Waals surface area contributed by atoms with Crippen LogP contribution in [0.1, 0.15) is 32.6 Å². The van der Waals surface area contributed by atoms with Crippen LogP contribution in [-0.4, -0.2) is 60.8 Å². The summed E-state index contributed by atoms with van der Waals surface area (Å²) >= 11 is 1.92. The molecule has 4 atom stereocenters. The van der Waals surface area contributed by atoms with Gasteiger partial charge >= 0.3 is 6.03 Å². The lowest BCUT2D eigenvalue weighted by Crippen LogP contribution is -2.43. The summed E-state index contributed by atoms with van der Waals surface area (Å²) in [5.74, 6) is 1.04. The van der Waals surface area contributed by atoms with Gasteiger partial charge in [0.15, 0.2) is 0 Å². The minimum Gasteiger partial charge on any atom is -0.377 e. The predicted octanol–water partition coefficient (Wildman–Crippen LogP) is 2.58. The standard InChI is InChI=1S/C21H30N4O3S/c1-14-12-28-11-10-25(14)16-8-6-15(7-9-16)22-19(26)5-3-2-4-18-20-17(13-29-18)23-21(27)24-20/h6-9,14,17-18,20H,2-5,10-13H2,1H3,(H,22,26)(H2,23,24,27). The topological polar surface area (TPSA) is 82.7 Å². The highest BCUT2D eigenvalue weighted by molar-refractivity contribution is 8.00. The minimum absolute atomic E-state index is 0.0428. The van der Waals surface area contributed by atoms with Crippen LogP contribution >= 0.6 is 11.8 Å². The number of unbranched alkanes of at least 4 members (excludes halogenated alkanes) is 1. The highest BCUT2D eigenvalue weighted by Gasteiger charge is 2.42. The van der Waals surface area contributed by atoms with Crippen molar-refractivity contribution in [2.24, 2.45) is 0 Å². The Morgan fingerprint density at radius 3 is 2.90 bits per heavy atom. The van der Waals surface area contributed by atoms with Gasteiger partial charge in [-0.3, -0.25) is 4.79 Å². The van der Waals surface area contributed by atoms with Crippen LogP contribution in [0.15, 0.2) is 24.3 Å². The lowest BCUT2D eigenvalue weighted by atomic mass is 10.0. The summed E-state index contributed by atoms with van der Waals surface area (Å²) in [6.07, 6.45) is 3.43. The molecule has 3 N–H and O–H groups in total. The molecule has 0 bridgehead atoms. The summed E-state index contributed by atoms with van der Waals surface area (Å²) in [7, 11) is 0. The van der Waals surface area contributed by atoms with Crippen LogP contribution in [0, 0.1) is 0 Å². The number of ether oxygens (including phenoxy) is 1. The van der Waals surface area contributed by atoms with E-state index < -0.39 is 0 Å². The van der Waals surface area contributed by atoms with Crippen molar-refractivity contribution in [1.82, 2.24) is 10.6 Å². The maximum absolute atomic E-state index is 12.3. The average Bonchev–Trinajstić information content (AvgIpc) is 3.26. The van der Waals surface area contributed by atoms with E-state index in [4.69, 9.17) is 4.74 Å². The van der Waals surface area contributed by atoms with E-state index >= 15 is 0 Å². The first-order valence-electron chi connectivity index (χ1n) is 10.5. The van der Waals surface area contributed by atoms with Crippen molar-refractivity contribution >= 4 is 35.1 Å². The van der Waals surface area contributed by atoms with E-state index in [0.717, 1.165) is 50.5 Å². The highest BCUT2D eigenvalue weighted by Crippen LogP contribution is 2.33. The molecule has 4 rings (SSSR count). The van der Waals surface area contributed by atoms with Gasteiger partial charge in [-0.2, -0.15) is 11.8 Å².